The quantitative estimate of drug-likeness (QED) is 0.804. The van der Waals surface area contributed by atoms with Crippen molar-refractivity contribution in [1.29, 1.82) is 0 Å². The van der Waals surface area contributed by atoms with Crippen molar-refractivity contribution in [2.24, 2.45) is 0 Å². The van der Waals surface area contributed by atoms with E-state index in [1.165, 1.54) is 5.75 Å². The molecule has 0 atom stereocenters. The molecule has 4 heteroatoms. The van der Waals surface area contributed by atoms with E-state index in [1.54, 1.807) is 0 Å². The van der Waals surface area contributed by atoms with Crippen LogP contribution in [0.3, 0.4) is 0 Å². The van der Waals surface area contributed by atoms with Gasteiger partial charge in [-0.2, -0.15) is 11.8 Å². The maximum atomic E-state index is 6.07. The molecule has 0 saturated carbocycles. The molecule has 0 aromatic carbocycles. The van der Waals surface area contributed by atoms with E-state index in [-0.39, 0.29) is 5.54 Å². The zero-order valence-electron chi connectivity index (χ0n) is 10.1. The fraction of sp³-hybridized carbons (Fsp3) is 0.727. The van der Waals surface area contributed by atoms with E-state index in [0.29, 0.717) is 0 Å². The van der Waals surface area contributed by atoms with Crippen LogP contribution in [0.15, 0.2) is 6.33 Å². The van der Waals surface area contributed by atoms with Gasteiger partial charge in [-0.05, 0) is 45.6 Å². The number of thioether (sulfide) groups is 1. The average molecular weight is 227 g/mol. The highest BCUT2D eigenvalue weighted by Gasteiger charge is 2.17. The van der Waals surface area contributed by atoms with Crippen molar-refractivity contribution in [2.75, 3.05) is 17.7 Å². The van der Waals surface area contributed by atoms with E-state index in [2.05, 4.69) is 32.0 Å². The van der Waals surface area contributed by atoms with Crippen molar-refractivity contribution in [3.8, 4) is 0 Å². The van der Waals surface area contributed by atoms with E-state index in [9.17, 15) is 0 Å². The van der Waals surface area contributed by atoms with Gasteiger partial charge >= 0.3 is 0 Å². The minimum absolute atomic E-state index is 0.0227. The van der Waals surface area contributed by atoms with Gasteiger partial charge in [0.2, 0.25) is 0 Å². The molecule has 0 saturated heterocycles. The Morgan fingerprint density at radius 1 is 1.47 bits per heavy atom. The molecule has 0 spiro atoms. The van der Waals surface area contributed by atoms with Crippen molar-refractivity contribution in [3.05, 3.63) is 12.0 Å². The molecule has 0 fully saturated rings. The summed E-state index contributed by atoms with van der Waals surface area (Å²) >= 11 is 1.86. The fourth-order valence-corrected chi connectivity index (χ4v) is 1.94. The minimum atomic E-state index is 0.0227. The van der Waals surface area contributed by atoms with Gasteiger partial charge in [0.15, 0.2) is 0 Å². The van der Waals surface area contributed by atoms with E-state index in [0.717, 1.165) is 24.4 Å². The molecule has 86 valence electrons. The third kappa shape index (κ3) is 3.16. The van der Waals surface area contributed by atoms with Gasteiger partial charge in [0.1, 0.15) is 5.82 Å². The lowest BCUT2D eigenvalue weighted by Crippen LogP contribution is -2.22. The topological polar surface area (TPSA) is 43.8 Å². The second kappa shape index (κ2) is 4.92. The third-order valence-corrected chi connectivity index (χ3v) is 3.07. The van der Waals surface area contributed by atoms with Gasteiger partial charge in [-0.15, -0.1) is 0 Å². The molecule has 1 rings (SSSR count). The number of anilines is 1. The largest absolute Gasteiger partial charge is 0.384 e. The van der Waals surface area contributed by atoms with Gasteiger partial charge in [0, 0.05) is 5.54 Å². The Morgan fingerprint density at radius 3 is 2.60 bits per heavy atom. The first-order valence-corrected chi connectivity index (χ1v) is 6.67. The molecule has 1 heterocycles. The van der Waals surface area contributed by atoms with E-state index >= 15 is 0 Å². The summed E-state index contributed by atoms with van der Waals surface area (Å²) in [5.41, 5.74) is 7.13. The molecule has 0 aliphatic heterocycles. The standard InChI is InChI=1S/C11H21N3S/c1-11(2,3)14-8-13-9(10(14)12)6-5-7-15-4/h8H,5-7,12H2,1-4H3. The first-order chi connectivity index (χ1) is 6.96. The third-order valence-electron chi connectivity index (χ3n) is 2.37. The fourth-order valence-electron chi connectivity index (χ4n) is 1.51. The molecule has 2 N–H and O–H groups in total. The zero-order valence-corrected chi connectivity index (χ0v) is 10.9. The molecule has 1 aromatic heterocycles. The molecule has 0 radical (unpaired) electrons. The molecule has 0 aliphatic carbocycles. The minimum Gasteiger partial charge on any atom is -0.384 e. The molecule has 0 amide bonds. The lowest BCUT2D eigenvalue weighted by atomic mass is 10.1. The zero-order chi connectivity index (χ0) is 11.5. The predicted octanol–water partition coefficient (Wildman–Crippen LogP) is 2.52. The van der Waals surface area contributed by atoms with Gasteiger partial charge in [-0.25, -0.2) is 4.98 Å². The van der Waals surface area contributed by atoms with E-state index < -0.39 is 0 Å². The van der Waals surface area contributed by atoms with Crippen molar-refractivity contribution in [2.45, 2.75) is 39.2 Å². The van der Waals surface area contributed by atoms with Crippen LogP contribution in [0.25, 0.3) is 0 Å². The first kappa shape index (κ1) is 12.4. The molecular formula is C11H21N3S. The second-order valence-corrected chi connectivity index (χ2v) is 5.70. The summed E-state index contributed by atoms with van der Waals surface area (Å²) in [6, 6.07) is 0. The van der Waals surface area contributed by atoms with E-state index in [1.807, 2.05) is 22.7 Å². The normalized spacial score (nSPS) is 12.0. The van der Waals surface area contributed by atoms with Gasteiger partial charge in [0.05, 0.1) is 12.0 Å². The molecular weight excluding hydrogens is 206 g/mol. The number of hydrogen-bond acceptors (Lipinski definition) is 3. The van der Waals surface area contributed by atoms with Gasteiger partial charge < -0.3 is 10.3 Å². The van der Waals surface area contributed by atoms with Gasteiger partial charge in [-0.1, -0.05) is 0 Å². The number of aryl methyl sites for hydroxylation is 1. The van der Waals surface area contributed by atoms with Crippen LogP contribution in [0, 0.1) is 0 Å². The van der Waals surface area contributed by atoms with Crippen molar-refractivity contribution in [1.82, 2.24) is 9.55 Å². The molecule has 1 aromatic rings. The Bertz CT molecular complexity index is 312. The Morgan fingerprint density at radius 2 is 2.13 bits per heavy atom. The number of imidazole rings is 1. The van der Waals surface area contributed by atoms with Gasteiger partial charge in [0.25, 0.3) is 0 Å². The smallest absolute Gasteiger partial charge is 0.127 e. The van der Waals surface area contributed by atoms with Crippen molar-refractivity contribution < 1.29 is 0 Å². The molecule has 15 heavy (non-hydrogen) atoms. The summed E-state index contributed by atoms with van der Waals surface area (Å²) in [7, 11) is 0. The van der Waals surface area contributed by atoms with Crippen LogP contribution < -0.4 is 5.73 Å². The van der Waals surface area contributed by atoms with Gasteiger partial charge in [-0.3, -0.25) is 0 Å². The Kier molecular flexibility index (Phi) is 4.08. The summed E-state index contributed by atoms with van der Waals surface area (Å²) in [6.45, 7) is 6.41. The summed E-state index contributed by atoms with van der Waals surface area (Å²) < 4.78 is 2.04. The predicted molar refractivity (Wildman–Crippen MR) is 68.3 cm³/mol. The summed E-state index contributed by atoms with van der Waals surface area (Å²) in [5, 5.41) is 0. The Labute approximate surface area is 96.5 Å². The molecule has 3 nitrogen and oxygen atoms in total. The van der Waals surface area contributed by atoms with Crippen LogP contribution in [0.4, 0.5) is 5.82 Å². The number of nitrogen functional groups attached to an aromatic ring is 1. The van der Waals surface area contributed by atoms with Crippen LogP contribution in [0.2, 0.25) is 0 Å². The SMILES string of the molecule is CSCCCc1ncn(C(C)(C)C)c1N. The monoisotopic (exact) mass is 227 g/mol. The number of aromatic nitrogens is 2. The summed E-state index contributed by atoms with van der Waals surface area (Å²) in [5.74, 6) is 1.99. The van der Waals surface area contributed by atoms with Crippen LogP contribution in [-0.2, 0) is 12.0 Å². The van der Waals surface area contributed by atoms with Crippen molar-refractivity contribution in [3.63, 3.8) is 0 Å². The van der Waals surface area contributed by atoms with E-state index in [4.69, 9.17) is 5.73 Å². The lowest BCUT2D eigenvalue weighted by molar-refractivity contribution is 0.402. The summed E-state index contributed by atoms with van der Waals surface area (Å²) in [4.78, 5) is 4.38. The van der Waals surface area contributed by atoms with Crippen molar-refractivity contribution >= 4 is 17.6 Å². The second-order valence-electron chi connectivity index (χ2n) is 4.71. The highest BCUT2D eigenvalue weighted by Crippen LogP contribution is 2.22. The molecule has 0 bridgehead atoms. The lowest BCUT2D eigenvalue weighted by Gasteiger charge is -2.22. The molecule has 0 aliphatic rings. The number of hydrogen-bond donors (Lipinski definition) is 1. The van der Waals surface area contributed by atoms with Crippen LogP contribution in [0.5, 0.6) is 0 Å². The van der Waals surface area contributed by atoms with Crippen LogP contribution in [0.1, 0.15) is 32.9 Å². The van der Waals surface area contributed by atoms with Crippen LogP contribution >= 0.6 is 11.8 Å². The Balaban J connectivity index is 2.72. The number of nitrogens with two attached hydrogens (primary N) is 1. The highest BCUT2D eigenvalue weighted by atomic mass is 32.2. The highest BCUT2D eigenvalue weighted by molar-refractivity contribution is 7.98. The van der Waals surface area contributed by atoms with Crippen LogP contribution in [-0.4, -0.2) is 21.6 Å². The molecule has 0 unspecified atom stereocenters. The Hall–Kier alpha value is -0.640. The maximum Gasteiger partial charge on any atom is 0.127 e. The maximum absolute atomic E-state index is 6.07. The summed E-state index contributed by atoms with van der Waals surface area (Å²) in [6.07, 6.45) is 6.10. The number of nitrogens with zero attached hydrogens (tertiary/aromatic N) is 2. The average Bonchev–Trinajstić information content (AvgIpc) is 2.47. The number of rotatable bonds is 4. The first-order valence-electron chi connectivity index (χ1n) is 5.28.